The Morgan fingerprint density at radius 3 is 2.53 bits per heavy atom. The molecular weight excluding hydrogens is 212 g/mol. The predicted molar refractivity (Wildman–Crippen MR) is 68.7 cm³/mol. The van der Waals surface area contributed by atoms with E-state index >= 15 is 0 Å². The van der Waals surface area contributed by atoms with Gasteiger partial charge >= 0.3 is 0 Å². The highest BCUT2D eigenvalue weighted by atomic mass is 16.2. The zero-order chi connectivity index (χ0) is 12.6. The van der Waals surface area contributed by atoms with Gasteiger partial charge in [0, 0.05) is 6.54 Å². The second kappa shape index (κ2) is 4.15. The molecule has 1 aromatic rings. The molecule has 17 heavy (non-hydrogen) atoms. The van der Waals surface area contributed by atoms with Crippen LogP contribution < -0.4 is 11.1 Å². The second-order valence-electron chi connectivity index (χ2n) is 5.13. The minimum Gasteiger partial charge on any atom is -0.350 e. The number of amides is 1. The topological polar surface area (TPSA) is 55.1 Å². The lowest BCUT2D eigenvalue weighted by atomic mass is 9.99. The Labute approximate surface area is 102 Å². The van der Waals surface area contributed by atoms with Crippen molar-refractivity contribution in [3.63, 3.8) is 0 Å². The largest absolute Gasteiger partial charge is 0.350 e. The van der Waals surface area contributed by atoms with E-state index in [1.165, 1.54) is 22.3 Å². The zero-order valence-electron chi connectivity index (χ0n) is 10.8. The Hall–Kier alpha value is -1.35. The SMILES string of the molecule is Cc1ccc(CNC(=O)C2(N)CC2)c(C)c1C. The molecule has 1 aliphatic rings. The average molecular weight is 232 g/mol. The highest BCUT2D eigenvalue weighted by molar-refractivity contribution is 5.88. The quantitative estimate of drug-likeness (QED) is 0.833. The van der Waals surface area contributed by atoms with E-state index in [2.05, 4.69) is 38.2 Å². The normalized spacial score (nSPS) is 16.7. The van der Waals surface area contributed by atoms with Crippen LogP contribution in [-0.2, 0) is 11.3 Å². The van der Waals surface area contributed by atoms with Gasteiger partial charge in [0.15, 0.2) is 0 Å². The van der Waals surface area contributed by atoms with Crippen molar-refractivity contribution in [1.82, 2.24) is 5.32 Å². The Morgan fingerprint density at radius 2 is 1.94 bits per heavy atom. The number of rotatable bonds is 3. The fraction of sp³-hybridized carbons (Fsp3) is 0.500. The molecule has 2 rings (SSSR count). The number of nitrogens with two attached hydrogens (primary N) is 1. The molecule has 1 saturated carbocycles. The summed E-state index contributed by atoms with van der Waals surface area (Å²) >= 11 is 0. The molecule has 1 fully saturated rings. The lowest BCUT2D eigenvalue weighted by Gasteiger charge is -2.14. The van der Waals surface area contributed by atoms with Gasteiger partial charge in [-0.05, 0) is 55.9 Å². The maximum atomic E-state index is 11.7. The fourth-order valence-electron chi connectivity index (χ4n) is 1.92. The van der Waals surface area contributed by atoms with Crippen molar-refractivity contribution in [2.24, 2.45) is 5.73 Å². The molecule has 0 unspecified atom stereocenters. The van der Waals surface area contributed by atoms with Gasteiger partial charge in [0.1, 0.15) is 0 Å². The molecule has 1 amide bonds. The number of hydrogen-bond acceptors (Lipinski definition) is 2. The molecule has 92 valence electrons. The van der Waals surface area contributed by atoms with E-state index in [-0.39, 0.29) is 5.91 Å². The van der Waals surface area contributed by atoms with Gasteiger partial charge in [0.25, 0.3) is 0 Å². The molecule has 1 aliphatic carbocycles. The number of carbonyl (C=O) groups excluding carboxylic acids is 1. The average Bonchev–Trinajstić information content (AvgIpc) is 3.04. The minimum absolute atomic E-state index is 0.0184. The molecule has 0 heterocycles. The lowest BCUT2D eigenvalue weighted by molar-refractivity contribution is -0.123. The molecule has 1 aromatic carbocycles. The fourth-order valence-corrected chi connectivity index (χ4v) is 1.92. The zero-order valence-corrected chi connectivity index (χ0v) is 10.8. The number of hydrogen-bond donors (Lipinski definition) is 2. The van der Waals surface area contributed by atoms with Gasteiger partial charge in [-0.1, -0.05) is 12.1 Å². The molecule has 3 N–H and O–H groups in total. The summed E-state index contributed by atoms with van der Waals surface area (Å²) in [5.41, 5.74) is 10.3. The third-order valence-electron chi connectivity index (χ3n) is 3.85. The first-order valence-electron chi connectivity index (χ1n) is 6.07. The number of aryl methyl sites for hydroxylation is 1. The van der Waals surface area contributed by atoms with Crippen LogP contribution in [0.4, 0.5) is 0 Å². The van der Waals surface area contributed by atoms with E-state index in [0.717, 1.165) is 12.8 Å². The molecule has 0 spiro atoms. The van der Waals surface area contributed by atoms with Gasteiger partial charge in [-0.3, -0.25) is 4.79 Å². The van der Waals surface area contributed by atoms with Crippen LogP contribution in [0.5, 0.6) is 0 Å². The summed E-state index contributed by atoms with van der Waals surface area (Å²) in [7, 11) is 0. The maximum Gasteiger partial charge on any atom is 0.240 e. The summed E-state index contributed by atoms with van der Waals surface area (Å²) in [6, 6.07) is 4.17. The maximum absolute atomic E-state index is 11.7. The van der Waals surface area contributed by atoms with E-state index in [1.54, 1.807) is 0 Å². The van der Waals surface area contributed by atoms with Crippen molar-refractivity contribution >= 4 is 5.91 Å². The van der Waals surface area contributed by atoms with Gasteiger partial charge in [-0.25, -0.2) is 0 Å². The standard InChI is InChI=1S/C14H20N2O/c1-9-4-5-12(11(3)10(9)2)8-16-13(17)14(15)6-7-14/h4-5H,6-8,15H2,1-3H3,(H,16,17). The van der Waals surface area contributed by atoms with Crippen molar-refractivity contribution in [1.29, 1.82) is 0 Å². The van der Waals surface area contributed by atoms with Crippen LogP contribution in [0, 0.1) is 20.8 Å². The molecule has 0 atom stereocenters. The van der Waals surface area contributed by atoms with Crippen LogP contribution in [0.2, 0.25) is 0 Å². The molecule has 0 aliphatic heterocycles. The third-order valence-corrected chi connectivity index (χ3v) is 3.85. The summed E-state index contributed by atoms with van der Waals surface area (Å²) in [6.45, 7) is 6.88. The summed E-state index contributed by atoms with van der Waals surface area (Å²) in [5.74, 6) is -0.0184. The Morgan fingerprint density at radius 1 is 1.29 bits per heavy atom. The van der Waals surface area contributed by atoms with E-state index in [0.29, 0.717) is 6.54 Å². The van der Waals surface area contributed by atoms with Crippen LogP contribution in [0.1, 0.15) is 35.1 Å². The summed E-state index contributed by atoms with van der Waals surface area (Å²) < 4.78 is 0. The summed E-state index contributed by atoms with van der Waals surface area (Å²) in [6.07, 6.45) is 1.62. The van der Waals surface area contributed by atoms with Gasteiger partial charge < -0.3 is 11.1 Å². The Bertz CT molecular complexity index is 462. The summed E-state index contributed by atoms with van der Waals surface area (Å²) in [5, 5.41) is 2.92. The smallest absolute Gasteiger partial charge is 0.240 e. The number of carbonyl (C=O) groups is 1. The highest BCUT2D eigenvalue weighted by Gasteiger charge is 2.45. The molecule has 0 saturated heterocycles. The first-order valence-corrected chi connectivity index (χ1v) is 6.07. The molecular formula is C14H20N2O. The van der Waals surface area contributed by atoms with Gasteiger partial charge in [-0.15, -0.1) is 0 Å². The van der Waals surface area contributed by atoms with Crippen LogP contribution in [0.15, 0.2) is 12.1 Å². The monoisotopic (exact) mass is 232 g/mol. The highest BCUT2D eigenvalue weighted by Crippen LogP contribution is 2.32. The van der Waals surface area contributed by atoms with Crippen LogP contribution in [0.3, 0.4) is 0 Å². The van der Waals surface area contributed by atoms with E-state index in [4.69, 9.17) is 5.73 Å². The van der Waals surface area contributed by atoms with Crippen molar-refractivity contribution in [3.05, 3.63) is 34.4 Å². The molecule has 3 nitrogen and oxygen atoms in total. The van der Waals surface area contributed by atoms with Gasteiger partial charge in [0.2, 0.25) is 5.91 Å². The summed E-state index contributed by atoms with van der Waals surface area (Å²) in [4.78, 5) is 11.7. The first-order chi connectivity index (χ1) is 7.94. The van der Waals surface area contributed by atoms with E-state index < -0.39 is 5.54 Å². The Balaban J connectivity index is 2.04. The second-order valence-corrected chi connectivity index (χ2v) is 5.13. The van der Waals surface area contributed by atoms with Crippen LogP contribution >= 0.6 is 0 Å². The van der Waals surface area contributed by atoms with Gasteiger partial charge in [0.05, 0.1) is 5.54 Å². The number of nitrogens with one attached hydrogen (secondary N) is 1. The van der Waals surface area contributed by atoms with Crippen molar-refractivity contribution in [3.8, 4) is 0 Å². The predicted octanol–water partition coefficient (Wildman–Crippen LogP) is 1.72. The van der Waals surface area contributed by atoms with Crippen LogP contribution in [-0.4, -0.2) is 11.4 Å². The molecule has 3 heteroatoms. The Kier molecular flexibility index (Phi) is 2.96. The first kappa shape index (κ1) is 12.1. The molecule has 0 radical (unpaired) electrons. The van der Waals surface area contributed by atoms with Crippen molar-refractivity contribution < 1.29 is 4.79 Å². The van der Waals surface area contributed by atoms with Crippen LogP contribution in [0.25, 0.3) is 0 Å². The number of benzene rings is 1. The van der Waals surface area contributed by atoms with Crippen molar-refractivity contribution in [2.75, 3.05) is 0 Å². The minimum atomic E-state index is -0.576. The molecule has 0 aromatic heterocycles. The molecule has 0 bridgehead atoms. The van der Waals surface area contributed by atoms with Gasteiger partial charge in [-0.2, -0.15) is 0 Å². The van der Waals surface area contributed by atoms with E-state index in [9.17, 15) is 4.79 Å². The third kappa shape index (κ3) is 2.34. The van der Waals surface area contributed by atoms with Crippen molar-refractivity contribution in [2.45, 2.75) is 45.7 Å². The van der Waals surface area contributed by atoms with E-state index in [1.807, 2.05) is 0 Å². The lowest BCUT2D eigenvalue weighted by Crippen LogP contribution is -2.42.